The molecule has 0 aliphatic carbocycles. The Labute approximate surface area is 115 Å². The van der Waals surface area contributed by atoms with Gasteiger partial charge in [0.05, 0.1) is 12.1 Å². The summed E-state index contributed by atoms with van der Waals surface area (Å²) in [4.78, 5) is 4.71. The predicted molar refractivity (Wildman–Crippen MR) is 77.9 cm³/mol. The average Bonchev–Trinajstić information content (AvgIpc) is 2.64. The van der Waals surface area contributed by atoms with Gasteiger partial charge in [-0.2, -0.15) is 0 Å². The molecule has 1 aliphatic heterocycles. The van der Waals surface area contributed by atoms with Gasteiger partial charge in [-0.1, -0.05) is 30.3 Å². The van der Waals surface area contributed by atoms with Crippen molar-refractivity contribution in [1.82, 2.24) is 9.80 Å². The van der Waals surface area contributed by atoms with E-state index in [-0.39, 0.29) is 6.61 Å². The van der Waals surface area contributed by atoms with E-state index in [4.69, 9.17) is 5.73 Å². The normalized spacial score (nSPS) is 21.8. The van der Waals surface area contributed by atoms with Crippen LogP contribution in [0.3, 0.4) is 0 Å². The number of hydrogen-bond acceptors (Lipinski definition) is 4. The molecule has 3 N–H and O–H groups in total. The molecule has 4 nitrogen and oxygen atoms in total. The molecule has 0 spiro atoms. The smallest absolute Gasteiger partial charge is 0.0772 e. The molecule has 1 unspecified atom stereocenters. The lowest BCUT2D eigenvalue weighted by atomic mass is 9.91. The minimum Gasteiger partial charge on any atom is -0.394 e. The van der Waals surface area contributed by atoms with Crippen LogP contribution in [-0.2, 0) is 5.54 Å². The zero-order valence-corrected chi connectivity index (χ0v) is 11.8. The Hall–Kier alpha value is -0.940. The SMILES string of the molecule is CN1CCCN(CC(N)(CO)c2ccccc2)CC1. The molecule has 1 aromatic carbocycles. The molecule has 0 aromatic heterocycles. The highest BCUT2D eigenvalue weighted by Gasteiger charge is 2.29. The van der Waals surface area contributed by atoms with Crippen molar-refractivity contribution in [3.63, 3.8) is 0 Å². The van der Waals surface area contributed by atoms with E-state index in [1.165, 1.54) is 0 Å². The van der Waals surface area contributed by atoms with Crippen LogP contribution in [0.4, 0.5) is 0 Å². The van der Waals surface area contributed by atoms with Crippen LogP contribution >= 0.6 is 0 Å². The van der Waals surface area contributed by atoms with Crippen LogP contribution < -0.4 is 5.73 Å². The molecule has 1 atom stereocenters. The van der Waals surface area contributed by atoms with Gasteiger partial charge in [0.2, 0.25) is 0 Å². The van der Waals surface area contributed by atoms with Crippen LogP contribution in [0.15, 0.2) is 30.3 Å². The summed E-state index contributed by atoms with van der Waals surface area (Å²) in [6.45, 7) is 4.96. The standard InChI is InChI=1S/C15H25N3O/c1-17-8-5-9-18(11-10-17)12-15(16,13-19)14-6-3-2-4-7-14/h2-4,6-7,19H,5,8-13,16H2,1H3. The van der Waals surface area contributed by atoms with Gasteiger partial charge >= 0.3 is 0 Å². The Balaban J connectivity index is 2.06. The molecular weight excluding hydrogens is 238 g/mol. The molecule has 106 valence electrons. The molecule has 0 bridgehead atoms. The van der Waals surface area contributed by atoms with Crippen molar-refractivity contribution in [2.75, 3.05) is 46.4 Å². The zero-order chi connectivity index (χ0) is 13.7. The second kappa shape index (κ2) is 6.48. The van der Waals surface area contributed by atoms with E-state index in [9.17, 15) is 5.11 Å². The maximum absolute atomic E-state index is 9.73. The van der Waals surface area contributed by atoms with E-state index < -0.39 is 5.54 Å². The Kier molecular flexibility index (Phi) is 4.93. The summed E-state index contributed by atoms with van der Waals surface area (Å²) in [6.07, 6.45) is 1.16. The van der Waals surface area contributed by atoms with Crippen LogP contribution in [-0.4, -0.2) is 61.3 Å². The third-order valence-corrected chi connectivity index (χ3v) is 3.95. The maximum atomic E-state index is 9.73. The summed E-state index contributed by atoms with van der Waals surface area (Å²) >= 11 is 0. The molecule has 2 rings (SSSR count). The molecule has 1 aromatic rings. The molecule has 1 heterocycles. The molecule has 4 heteroatoms. The van der Waals surface area contributed by atoms with E-state index in [0.29, 0.717) is 6.54 Å². The molecule has 0 saturated carbocycles. The maximum Gasteiger partial charge on any atom is 0.0772 e. The molecule has 1 aliphatic rings. The lowest BCUT2D eigenvalue weighted by Crippen LogP contribution is -2.51. The fourth-order valence-electron chi connectivity index (χ4n) is 2.66. The molecule has 1 fully saturated rings. The van der Waals surface area contributed by atoms with Gasteiger partial charge in [0.15, 0.2) is 0 Å². The van der Waals surface area contributed by atoms with Crippen molar-refractivity contribution in [1.29, 1.82) is 0 Å². The van der Waals surface area contributed by atoms with Crippen LogP contribution in [0.2, 0.25) is 0 Å². The number of aliphatic hydroxyl groups excluding tert-OH is 1. The van der Waals surface area contributed by atoms with Crippen molar-refractivity contribution in [3.8, 4) is 0 Å². The first-order valence-electron chi connectivity index (χ1n) is 7.00. The first-order chi connectivity index (χ1) is 9.14. The monoisotopic (exact) mass is 263 g/mol. The Morgan fingerprint density at radius 3 is 2.58 bits per heavy atom. The third kappa shape index (κ3) is 3.76. The van der Waals surface area contributed by atoms with Crippen LogP contribution in [0, 0.1) is 0 Å². The van der Waals surface area contributed by atoms with Gasteiger partial charge in [-0.3, -0.25) is 4.90 Å². The second-order valence-corrected chi connectivity index (χ2v) is 5.61. The van der Waals surface area contributed by atoms with E-state index >= 15 is 0 Å². The van der Waals surface area contributed by atoms with E-state index in [0.717, 1.165) is 38.2 Å². The second-order valence-electron chi connectivity index (χ2n) is 5.61. The Bertz CT molecular complexity index is 384. The highest BCUT2D eigenvalue weighted by atomic mass is 16.3. The summed E-state index contributed by atoms with van der Waals surface area (Å²) in [5, 5.41) is 9.73. The van der Waals surface area contributed by atoms with Gasteiger partial charge in [-0.25, -0.2) is 0 Å². The highest BCUT2D eigenvalue weighted by Crippen LogP contribution is 2.19. The topological polar surface area (TPSA) is 52.7 Å². The van der Waals surface area contributed by atoms with Crippen molar-refractivity contribution < 1.29 is 5.11 Å². The van der Waals surface area contributed by atoms with Gasteiger partial charge in [0, 0.05) is 19.6 Å². The van der Waals surface area contributed by atoms with Crippen molar-refractivity contribution in [2.45, 2.75) is 12.0 Å². The number of nitrogens with two attached hydrogens (primary N) is 1. The molecule has 0 amide bonds. The zero-order valence-electron chi connectivity index (χ0n) is 11.8. The van der Waals surface area contributed by atoms with Gasteiger partial charge in [0.25, 0.3) is 0 Å². The van der Waals surface area contributed by atoms with Crippen LogP contribution in [0.25, 0.3) is 0 Å². The van der Waals surface area contributed by atoms with E-state index in [1.54, 1.807) is 0 Å². The Morgan fingerprint density at radius 2 is 1.89 bits per heavy atom. The van der Waals surface area contributed by atoms with Crippen molar-refractivity contribution in [2.24, 2.45) is 5.73 Å². The minimum atomic E-state index is -0.663. The third-order valence-electron chi connectivity index (χ3n) is 3.95. The number of likely N-dealkylation sites (N-methyl/N-ethyl adjacent to an activating group) is 1. The summed E-state index contributed by atoms with van der Waals surface area (Å²) < 4.78 is 0. The Morgan fingerprint density at radius 1 is 1.16 bits per heavy atom. The molecule has 19 heavy (non-hydrogen) atoms. The number of benzene rings is 1. The van der Waals surface area contributed by atoms with Crippen LogP contribution in [0.5, 0.6) is 0 Å². The summed E-state index contributed by atoms with van der Waals surface area (Å²) in [5.74, 6) is 0. The summed E-state index contributed by atoms with van der Waals surface area (Å²) in [5.41, 5.74) is 6.78. The van der Waals surface area contributed by atoms with Gasteiger partial charge in [-0.15, -0.1) is 0 Å². The number of nitrogens with zero attached hydrogens (tertiary/aromatic N) is 2. The predicted octanol–water partition coefficient (Wildman–Crippen LogP) is 0.470. The largest absolute Gasteiger partial charge is 0.394 e. The number of aliphatic hydroxyl groups is 1. The lowest BCUT2D eigenvalue weighted by Gasteiger charge is -2.34. The molecule has 1 saturated heterocycles. The van der Waals surface area contributed by atoms with Crippen molar-refractivity contribution in [3.05, 3.63) is 35.9 Å². The number of hydrogen-bond donors (Lipinski definition) is 2. The summed E-state index contributed by atoms with van der Waals surface area (Å²) in [6, 6.07) is 9.92. The van der Waals surface area contributed by atoms with Crippen LogP contribution in [0.1, 0.15) is 12.0 Å². The lowest BCUT2D eigenvalue weighted by molar-refractivity contribution is 0.138. The highest BCUT2D eigenvalue weighted by molar-refractivity contribution is 5.24. The van der Waals surface area contributed by atoms with Gasteiger partial charge < -0.3 is 15.7 Å². The first kappa shape index (κ1) is 14.5. The van der Waals surface area contributed by atoms with E-state index in [2.05, 4.69) is 16.8 Å². The van der Waals surface area contributed by atoms with Gasteiger partial charge in [0.1, 0.15) is 0 Å². The fraction of sp³-hybridized carbons (Fsp3) is 0.600. The quantitative estimate of drug-likeness (QED) is 0.829. The minimum absolute atomic E-state index is 0.0245. The average molecular weight is 263 g/mol. The van der Waals surface area contributed by atoms with Crippen molar-refractivity contribution >= 4 is 0 Å². The molecule has 0 radical (unpaired) electrons. The fourth-order valence-corrected chi connectivity index (χ4v) is 2.66. The van der Waals surface area contributed by atoms with E-state index in [1.807, 2.05) is 30.3 Å². The number of rotatable bonds is 4. The molecular formula is C15H25N3O. The van der Waals surface area contributed by atoms with Gasteiger partial charge in [-0.05, 0) is 32.1 Å². The first-order valence-corrected chi connectivity index (χ1v) is 7.00. The summed E-state index contributed by atoms with van der Waals surface area (Å²) in [7, 11) is 2.16.